The van der Waals surface area contributed by atoms with Gasteiger partial charge in [0, 0.05) is 7.11 Å². The molecule has 1 saturated carbocycles. The quantitative estimate of drug-likeness (QED) is 0.756. The molecule has 2 aliphatic rings. The van der Waals surface area contributed by atoms with Crippen molar-refractivity contribution in [3.63, 3.8) is 0 Å². The van der Waals surface area contributed by atoms with Crippen molar-refractivity contribution >= 4 is 11.9 Å². The second kappa shape index (κ2) is 5.67. The summed E-state index contributed by atoms with van der Waals surface area (Å²) in [5.41, 5.74) is 0. The Labute approximate surface area is 106 Å². The first-order chi connectivity index (χ1) is 8.61. The topological polar surface area (TPSA) is 84.9 Å². The maximum atomic E-state index is 11.9. The third-order valence-corrected chi connectivity index (χ3v) is 3.67. The first kappa shape index (κ1) is 13.3. The highest BCUT2D eigenvalue weighted by Crippen LogP contribution is 2.24. The molecule has 4 unspecified atom stereocenters. The summed E-state index contributed by atoms with van der Waals surface area (Å²) in [7, 11) is 1.64. The maximum absolute atomic E-state index is 11.9. The molecule has 6 nitrogen and oxygen atoms in total. The lowest BCUT2D eigenvalue weighted by Crippen LogP contribution is -2.45. The third kappa shape index (κ3) is 2.81. The molecule has 6 heteroatoms. The Bertz CT molecular complexity index is 332. The summed E-state index contributed by atoms with van der Waals surface area (Å²) < 4.78 is 10.5. The predicted molar refractivity (Wildman–Crippen MR) is 62.1 cm³/mol. The number of carboxylic acids is 1. The molecule has 4 atom stereocenters. The molecule has 0 spiro atoms. The van der Waals surface area contributed by atoms with Gasteiger partial charge >= 0.3 is 5.97 Å². The van der Waals surface area contributed by atoms with Crippen LogP contribution in [0, 0.1) is 0 Å². The fourth-order valence-corrected chi connectivity index (χ4v) is 2.66. The second-order valence-corrected chi connectivity index (χ2v) is 4.85. The van der Waals surface area contributed by atoms with Gasteiger partial charge in [0.2, 0.25) is 5.91 Å². The Balaban J connectivity index is 1.83. The molecule has 18 heavy (non-hydrogen) atoms. The van der Waals surface area contributed by atoms with Crippen molar-refractivity contribution in [2.75, 3.05) is 7.11 Å². The van der Waals surface area contributed by atoms with Crippen LogP contribution in [0.5, 0.6) is 0 Å². The third-order valence-electron chi connectivity index (χ3n) is 3.67. The van der Waals surface area contributed by atoms with E-state index in [0.29, 0.717) is 12.8 Å². The molecule has 1 saturated heterocycles. The number of hydrogen-bond donors (Lipinski definition) is 2. The summed E-state index contributed by atoms with van der Waals surface area (Å²) in [5.74, 6) is -1.21. The van der Waals surface area contributed by atoms with E-state index in [1.165, 1.54) is 0 Å². The zero-order chi connectivity index (χ0) is 13.1. The Morgan fingerprint density at radius 2 is 1.94 bits per heavy atom. The molecular weight excluding hydrogens is 238 g/mol. The van der Waals surface area contributed by atoms with E-state index in [2.05, 4.69) is 5.32 Å². The number of aliphatic carboxylic acids is 1. The van der Waals surface area contributed by atoms with E-state index in [0.717, 1.165) is 19.3 Å². The summed E-state index contributed by atoms with van der Waals surface area (Å²) in [4.78, 5) is 22.7. The largest absolute Gasteiger partial charge is 0.479 e. The highest BCUT2D eigenvalue weighted by atomic mass is 16.5. The monoisotopic (exact) mass is 257 g/mol. The van der Waals surface area contributed by atoms with Crippen molar-refractivity contribution in [3.05, 3.63) is 0 Å². The van der Waals surface area contributed by atoms with E-state index in [1.54, 1.807) is 7.11 Å². The minimum atomic E-state index is -0.999. The van der Waals surface area contributed by atoms with Gasteiger partial charge in [-0.25, -0.2) is 4.79 Å². The van der Waals surface area contributed by atoms with Crippen molar-refractivity contribution in [2.24, 2.45) is 0 Å². The van der Waals surface area contributed by atoms with Crippen molar-refractivity contribution in [3.8, 4) is 0 Å². The van der Waals surface area contributed by atoms with Gasteiger partial charge in [0.15, 0.2) is 6.10 Å². The van der Waals surface area contributed by atoms with Crippen molar-refractivity contribution < 1.29 is 24.2 Å². The summed E-state index contributed by atoms with van der Waals surface area (Å²) in [5, 5.41) is 11.7. The molecule has 1 amide bonds. The van der Waals surface area contributed by atoms with E-state index >= 15 is 0 Å². The van der Waals surface area contributed by atoms with Crippen LogP contribution in [0.15, 0.2) is 0 Å². The fraction of sp³-hybridized carbons (Fsp3) is 0.833. The highest BCUT2D eigenvalue weighted by molar-refractivity contribution is 5.82. The molecule has 1 aliphatic heterocycles. The van der Waals surface area contributed by atoms with Crippen LogP contribution in [-0.4, -0.2) is 48.4 Å². The molecule has 0 aromatic heterocycles. The van der Waals surface area contributed by atoms with Crippen LogP contribution in [-0.2, 0) is 19.1 Å². The van der Waals surface area contributed by atoms with Crippen LogP contribution in [0.2, 0.25) is 0 Å². The van der Waals surface area contributed by atoms with Crippen LogP contribution in [0.25, 0.3) is 0 Å². The van der Waals surface area contributed by atoms with E-state index in [-0.39, 0.29) is 18.1 Å². The SMILES string of the molecule is COC1CCCC1NC(=O)C1CCC(C(=O)O)O1. The first-order valence-electron chi connectivity index (χ1n) is 6.33. The number of carbonyl (C=O) groups is 2. The maximum Gasteiger partial charge on any atom is 0.332 e. The molecule has 0 bridgehead atoms. The number of rotatable bonds is 4. The molecular formula is C12H19NO5. The molecule has 2 fully saturated rings. The van der Waals surface area contributed by atoms with Gasteiger partial charge in [-0.05, 0) is 32.1 Å². The van der Waals surface area contributed by atoms with E-state index < -0.39 is 18.2 Å². The van der Waals surface area contributed by atoms with Crippen molar-refractivity contribution in [1.82, 2.24) is 5.32 Å². The van der Waals surface area contributed by atoms with E-state index in [9.17, 15) is 9.59 Å². The van der Waals surface area contributed by atoms with Crippen molar-refractivity contribution in [1.29, 1.82) is 0 Å². The number of nitrogens with one attached hydrogen (secondary N) is 1. The number of methoxy groups -OCH3 is 1. The highest BCUT2D eigenvalue weighted by Gasteiger charge is 2.37. The number of amides is 1. The normalized spacial score (nSPS) is 35.6. The predicted octanol–water partition coefficient (Wildman–Crippen LogP) is 0.302. The lowest BCUT2D eigenvalue weighted by Gasteiger charge is -2.21. The van der Waals surface area contributed by atoms with E-state index in [4.69, 9.17) is 14.6 Å². The molecule has 0 aromatic carbocycles. The van der Waals surface area contributed by atoms with Gasteiger partial charge in [-0.3, -0.25) is 4.79 Å². The Morgan fingerprint density at radius 3 is 2.56 bits per heavy atom. The van der Waals surface area contributed by atoms with Crippen LogP contribution in [0.3, 0.4) is 0 Å². The summed E-state index contributed by atoms with van der Waals surface area (Å²) in [6, 6.07) is 0.0231. The Hall–Kier alpha value is -1.14. The Kier molecular flexibility index (Phi) is 4.19. The fourth-order valence-electron chi connectivity index (χ4n) is 2.66. The number of hydrogen-bond acceptors (Lipinski definition) is 4. The molecule has 0 aromatic rings. The molecule has 102 valence electrons. The lowest BCUT2D eigenvalue weighted by atomic mass is 10.1. The molecule has 2 N–H and O–H groups in total. The number of carbonyl (C=O) groups excluding carboxylic acids is 1. The summed E-state index contributed by atoms with van der Waals surface area (Å²) >= 11 is 0. The van der Waals surface area contributed by atoms with Crippen LogP contribution >= 0.6 is 0 Å². The standard InChI is InChI=1S/C12H19NO5/c1-17-8-4-2-3-7(8)13-11(14)9-5-6-10(18-9)12(15)16/h7-10H,2-6H2,1H3,(H,13,14)(H,15,16). The van der Waals surface area contributed by atoms with E-state index in [1.807, 2.05) is 0 Å². The molecule has 1 aliphatic carbocycles. The average molecular weight is 257 g/mol. The van der Waals surface area contributed by atoms with Gasteiger partial charge in [-0.15, -0.1) is 0 Å². The summed E-state index contributed by atoms with van der Waals surface area (Å²) in [6.07, 6.45) is 2.33. The molecule has 1 heterocycles. The zero-order valence-electron chi connectivity index (χ0n) is 10.4. The smallest absolute Gasteiger partial charge is 0.332 e. The zero-order valence-corrected chi connectivity index (χ0v) is 10.4. The van der Waals surface area contributed by atoms with Crippen LogP contribution in [0.4, 0.5) is 0 Å². The Morgan fingerprint density at radius 1 is 1.22 bits per heavy atom. The lowest BCUT2D eigenvalue weighted by molar-refractivity contribution is -0.152. The van der Waals surface area contributed by atoms with Gasteiger partial charge in [0.25, 0.3) is 0 Å². The van der Waals surface area contributed by atoms with Crippen LogP contribution < -0.4 is 5.32 Å². The van der Waals surface area contributed by atoms with Gasteiger partial charge in [-0.1, -0.05) is 0 Å². The minimum absolute atomic E-state index is 0.0231. The average Bonchev–Trinajstić information content (AvgIpc) is 2.96. The summed E-state index contributed by atoms with van der Waals surface area (Å²) in [6.45, 7) is 0. The first-order valence-corrected chi connectivity index (χ1v) is 6.33. The van der Waals surface area contributed by atoms with Gasteiger partial charge in [-0.2, -0.15) is 0 Å². The van der Waals surface area contributed by atoms with Crippen LogP contribution in [0.1, 0.15) is 32.1 Å². The number of ether oxygens (including phenoxy) is 2. The van der Waals surface area contributed by atoms with Gasteiger partial charge in [0.05, 0.1) is 12.1 Å². The minimum Gasteiger partial charge on any atom is -0.479 e. The second-order valence-electron chi connectivity index (χ2n) is 4.85. The van der Waals surface area contributed by atoms with Gasteiger partial charge in [0.1, 0.15) is 6.10 Å². The number of carboxylic acid groups (broad SMARTS) is 1. The van der Waals surface area contributed by atoms with Crippen molar-refractivity contribution in [2.45, 2.75) is 56.5 Å². The molecule has 0 radical (unpaired) electrons. The molecule has 2 rings (SSSR count). The van der Waals surface area contributed by atoms with Gasteiger partial charge < -0.3 is 19.9 Å².